The molecule has 2 aromatic carbocycles. The monoisotopic (exact) mass is 593 g/mol. The summed E-state index contributed by atoms with van der Waals surface area (Å²) in [6, 6.07) is 19.3. The number of benzene rings is 2. The van der Waals surface area contributed by atoms with Crippen molar-refractivity contribution in [3.8, 4) is 22.4 Å². The van der Waals surface area contributed by atoms with Crippen LogP contribution in [-0.2, 0) is 0 Å². The summed E-state index contributed by atoms with van der Waals surface area (Å²) in [5, 5.41) is 6.28. The second-order valence-electron chi connectivity index (χ2n) is 9.68. The van der Waals surface area contributed by atoms with Crippen LogP contribution in [-0.4, -0.2) is 50.6 Å². The number of hydrogen-bond donors (Lipinski definition) is 2. The third kappa shape index (κ3) is 10.0. The number of pyridine rings is 2. The van der Waals surface area contributed by atoms with Crippen LogP contribution in [0.4, 0.5) is 8.78 Å². The molecule has 3 aromatic heterocycles. The van der Waals surface area contributed by atoms with Gasteiger partial charge >= 0.3 is 0 Å². The zero-order valence-electron chi connectivity index (χ0n) is 24.9. The van der Waals surface area contributed by atoms with Gasteiger partial charge in [0.1, 0.15) is 17.5 Å². The number of rotatable bonds is 6. The number of Topliss-reactive ketones (excluding diaryl/α,β-unsaturated/α-hetero) is 1. The van der Waals surface area contributed by atoms with Crippen molar-refractivity contribution >= 4 is 17.2 Å². The molecule has 0 bridgehead atoms. The molecule has 0 fully saturated rings. The van der Waals surface area contributed by atoms with Gasteiger partial charge in [-0.15, -0.1) is 0 Å². The smallest absolute Gasteiger partial charge is 0.195 e. The molecule has 5 aromatic rings. The first-order valence-corrected chi connectivity index (χ1v) is 13.4. The Kier molecular flexibility index (Phi) is 12.0. The Bertz CT molecular complexity index is 1690. The van der Waals surface area contributed by atoms with Crippen molar-refractivity contribution in [2.45, 2.75) is 13.8 Å². The van der Waals surface area contributed by atoms with E-state index in [1.807, 2.05) is 33.2 Å². The maximum atomic E-state index is 13.1. The van der Waals surface area contributed by atoms with Crippen LogP contribution in [0.15, 0.2) is 110 Å². The second kappa shape index (κ2) is 16.1. The van der Waals surface area contributed by atoms with Gasteiger partial charge in [0, 0.05) is 73.5 Å². The molecule has 0 aliphatic rings. The van der Waals surface area contributed by atoms with Crippen LogP contribution < -0.4 is 5.73 Å². The summed E-state index contributed by atoms with van der Waals surface area (Å²) in [5.41, 5.74) is 10.00. The fourth-order valence-electron chi connectivity index (χ4n) is 3.85. The molecule has 44 heavy (non-hydrogen) atoms. The summed E-state index contributed by atoms with van der Waals surface area (Å²) in [7, 11) is 3.67. The van der Waals surface area contributed by atoms with E-state index in [1.54, 1.807) is 78.5 Å². The predicted octanol–water partition coefficient (Wildman–Crippen LogP) is 6.60. The van der Waals surface area contributed by atoms with Gasteiger partial charge in [0.25, 0.3) is 0 Å². The van der Waals surface area contributed by atoms with Gasteiger partial charge in [-0.2, -0.15) is 0 Å². The maximum absolute atomic E-state index is 13.1. The molecule has 10 heteroatoms. The van der Waals surface area contributed by atoms with Gasteiger partial charge in [-0.25, -0.2) is 18.7 Å². The second-order valence-corrected chi connectivity index (χ2v) is 9.68. The van der Waals surface area contributed by atoms with Crippen LogP contribution in [0.1, 0.15) is 28.7 Å². The Balaban J connectivity index is 0.000000215. The predicted molar refractivity (Wildman–Crippen MR) is 170 cm³/mol. The van der Waals surface area contributed by atoms with Crippen molar-refractivity contribution in [3.05, 3.63) is 139 Å². The van der Waals surface area contributed by atoms with Crippen molar-refractivity contribution in [2.75, 3.05) is 14.1 Å². The number of aryl methyl sites for hydroxylation is 1. The molecule has 0 saturated carbocycles. The van der Waals surface area contributed by atoms with Gasteiger partial charge < -0.3 is 10.6 Å². The van der Waals surface area contributed by atoms with Crippen molar-refractivity contribution in [2.24, 2.45) is 5.73 Å². The molecule has 0 amide bonds. The summed E-state index contributed by atoms with van der Waals surface area (Å²) in [6.07, 6.45) is 10.1. The number of carbonyl (C=O) groups is 1. The minimum absolute atomic E-state index is 0.118. The van der Waals surface area contributed by atoms with E-state index in [-0.39, 0.29) is 23.3 Å². The topological polar surface area (TPSA) is 122 Å². The Labute approximate surface area is 255 Å². The standard InChI is InChI=1S/C16H12FN3.C16H15FN2O.C2H6N2/c1-11-19-10-15(12-2-4-14(17)5-3-12)16(20-11)13-6-8-18-9-7-13;1-19(2)11-15(12-3-5-14(17)6-4-12)16(20)13-7-9-18-10-8-13;1-2(3)4/h2-10H,1H3;3-11H,1-2H3;1H3,(H3,3,4)/b;15-11+;. The first-order valence-electron chi connectivity index (χ1n) is 13.4. The largest absolute Gasteiger partial charge is 0.388 e. The number of carbonyl (C=O) groups excluding carboxylic acids is 1. The lowest BCUT2D eigenvalue weighted by Gasteiger charge is -2.12. The van der Waals surface area contributed by atoms with Crippen LogP contribution >= 0.6 is 0 Å². The maximum Gasteiger partial charge on any atom is 0.195 e. The Morgan fingerprint density at radius 3 is 1.82 bits per heavy atom. The average Bonchev–Trinajstić information content (AvgIpc) is 3.01. The highest BCUT2D eigenvalue weighted by Gasteiger charge is 2.15. The van der Waals surface area contributed by atoms with E-state index in [0.717, 1.165) is 22.4 Å². The molecule has 5 rings (SSSR count). The highest BCUT2D eigenvalue weighted by Crippen LogP contribution is 2.29. The lowest BCUT2D eigenvalue weighted by molar-refractivity contribution is 0.105. The quantitative estimate of drug-likeness (QED) is 0.0984. The highest BCUT2D eigenvalue weighted by molar-refractivity contribution is 6.28. The molecule has 0 aliphatic heterocycles. The normalized spacial score (nSPS) is 10.5. The van der Waals surface area contributed by atoms with E-state index in [1.165, 1.54) is 31.2 Å². The van der Waals surface area contributed by atoms with Crippen LogP contribution in [0.3, 0.4) is 0 Å². The lowest BCUT2D eigenvalue weighted by atomic mass is 9.98. The number of nitrogens with two attached hydrogens (primary N) is 1. The van der Waals surface area contributed by atoms with E-state index in [2.05, 4.69) is 19.9 Å². The number of ketones is 1. The van der Waals surface area contributed by atoms with Crippen molar-refractivity contribution < 1.29 is 13.6 Å². The Hall–Kier alpha value is -5.64. The summed E-state index contributed by atoms with van der Waals surface area (Å²) in [4.78, 5) is 31.0. The van der Waals surface area contributed by atoms with Crippen LogP contribution in [0.25, 0.3) is 28.0 Å². The van der Waals surface area contributed by atoms with E-state index < -0.39 is 0 Å². The number of allylic oxidation sites excluding steroid dienone is 1. The molecule has 0 saturated heterocycles. The van der Waals surface area contributed by atoms with Crippen molar-refractivity contribution in [3.63, 3.8) is 0 Å². The molecule has 0 radical (unpaired) electrons. The van der Waals surface area contributed by atoms with E-state index in [0.29, 0.717) is 22.5 Å². The summed E-state index contributed by atoms with van der Waals surface area (Å²) in [6.45, 7) is 3.37. The number of amidine groups is 1. The molecule has 0 atom stereocenters. The van der Waals surface area contributed by atoms with Gasteiger partial charge in [-0.05, 0) is 73.5 Å². The molecule has 0 aliphatic carbocycles. The lowest BCUT2D eigenvalue weighted by Crippen LogP contribution is -2.09. The fourth-order valence-corrected chi connectivity index (χ4v) is 3.85. The number of nitrogens with one attached hydrogen (secondary N) is 1. The Morgan fingerprint density at radius 1 is 0.795 bits per heavy atom. The average molecular weight is 594 g/mol. The van der Waals surface area contributed by atoms with Crippen molar-refractivity contribution in [1.82, 2.24) is 24.8 Å². The van der Waals surface area contributed by atoms with Crippen LogP contribution in [0, 0.1) is 24.0 Å². The molecule has 8 nitrogen and oxygen atoms in total. The minimum atomic E-state index is -0.325. The summed E-state index contributed by atoms with van der Waals surface area (Å²) >= 11 is 0. The minimum Gasteiger partial charge on any atom is -0.388 e. The number of nitrogens with zero attached hydrogens (tertiary/aromatic N) is 5. The third-order valence-electron chi connectivity index (χ3n) is 5.75. The zero-order valence-corrected chi connectivity index (χ0v) is 24.9. The number of hydrogen-bond acceptors (Lipinski definition) is 7. The van der Waals surface area contributed by atoms with Gasteiger partial charge in [0.05, 0.1) is 11.5 Å². The van der Waals surface area contributed by atoms with Gasteiger partial charge in [0.15, 0.2) is 5.78 Å². The third-order valence-corrected chi connectivity index (χ3v) is 5.75. The van der Waals surface area contributed by atoms with Gasteiger partial charge in [-0.1, -0.05) is 24.3 Å². The first kappa shape index (κ1) is 32.9. The summed E-state index contributed by atoms with van der Waals surface area (Å²) in [5.74, 6) is 0.164. The number of halogens is 2. The molecular formula is C34H33F2N7O. The zero-order chi connectivity index (χ0) is 32.1. The first-order chi connectivity index (χ1) is 21.0. The van der Waals surface area contributed by atoms with Gasteiger partial charge in [-0.3, -0.25) is 20.2 Å². The molecule has 0 unspecified atom stereocenters. The SMILES string of the molecule is CC(=N)N.CN(C)/C=C(/C(=O)c1ccncc1)c1ccc(F)cc1.Cc1ncc(-c2ccc(F)cc2)c(-c2ccncc2)n1. The highest BCUT2D eigenvalue weighted by atomic mass is 19.1. The molecule has 224 valence electrons. The molecular weight excluding hydrogens is 560 g/mol. The summed E-state index contributed by atoms with van der Waals surface area (Å²) < 4.78 is 26.1. The molecule has 3 heterocycles. The fraction of sp³-hybridized carbons (Fsp3) is 0.118. The van der Waals surface area contributed by atoms with E-state index >= 15 is 0 Å². The van der Waals surface area contributed by atoms with Crippen LogP contribution in [0.2, 0.25) is 0 Å². The van der Waals surface area contributed by atoms with Gasteiger partial charge in [0.2, 0.25) is 0 Å². The van der Waals surface area contributed by atoms with Crippen LogP contribution in [0.5, 0.6) is 0 Å². The van der Waals surface area contributed by atoms with E-state index in [9.17, 15) is 13.6 Å². The number of aromatic nitrogens is 4. The molecule has 3 N–H and O–H groups in total. The van der Waals surface area contributed by atoms with E-state index in [4.69, 9.17) is 11.1 Å². The molecule has 0 spiro atoms. The Morgan fingerprint density at radius 2 is 1.30 bits per heavy atom. The van der Waals surface area contributed by atoms with Crippen molar-refractivity contribution in [1.29, 1.82) is 5.41 Å².